The first-order chi connectivity index (χ1) is 10.9. The van der Waals surface area contributed by atoms with Crippen molar-refractivity contribution in [2.24, 2.45) is 5.92 Å². The minimum Gasteiger partial charge on any atom is -0.481 e. The molecule has 0 aromatic heterocycles. The van der Waals surface area contributed by atoms with E-state index in [-0.39, 0.29) is 24.4 Å². The molecular formula is C17H23N3O3. The molecule has 0 aliphatic heterocycles. The maximum atomic E-state index is 12.2. The molecule has 2 unspecified atom stereocenters. The van der Waals surface area contributed by atoms with Crippen molar-refractivity contribution in [1.82, 2.24) is 10.2 Å². The summed E-state index contributed by atoms with van der Waals surface area (Å²) in [6.45, 7) is 2.08. The standard InChI is InChI=1S/C17H23N3O3/c1-13(11-18)12-20(2)17(23)19-15(8-9-16(21)22)10-14-6-4-3-5-7-14/h3-7,13,15H,8-10,12H2,1-2H3,(H,19,23)(H,21,22). The van der Waals surface area contributed by atoms with Crippen LogP contribution >= 0.6 is 0 Å². The molecular weight excluding hydrogens is 294 g/mol. The van der Waals surface area contributed by atoms with E-state index in [1.807, 2.05) is 30.3 Å². The van der Waals surface area contributed by atoms with E-state index in [1.165, 1.54) is 4.90 Å². The molecule has 0 spiro atoms. The van der Waals surface area contributed by atoms with Gasteiger partial charge in [-0.3, -0.25) is 4.79 Å². The molecule has 0 aliphatic rings. The molecule has 2 amide bonds. The summed E-state index contributed by atoms with van der Waals surface area (Å²) in [5.74, 6) is -1.14. The zero-order valence-corrected chi connectivity index (χ0v) is 13.5. The van der Waals surface area contributed by atoms with Crippen LogP contribution in [0.5, 0.6) is 0 Å². The van der Waals surface area contributed by atoms with Gasteiger partial charge in [0.2, 0.25) is 0 Å². The Balaban J connectivity index is 2.66. The summed E-state index contributed by atoms with van der Waals surface area (Å²) in [6, 6.07) is 11.1. The van der Waals surface area contributed by atoms with Gasteiger partial charge in [-0.25, -0.2) is 4.79 Å². The first-order valence-electron chi connectivity index (χ1n) is 7.59. The maximum absolute atomic E-state index is 12.2. The number of benzene rings is 1. The second-order valence-electron chi connectivity index (χ2n) is 5.68. The molecule has 124 valence electrons. The van der Waals surface area contributed by atoms with Gasteiger partial charge in [0.1, 0.15) is 0 Å². The van der Waals surface area contributed by atoms with Crippen LogP contribution in [-0.4, -0.2) is 41.6 Å². The Morgan fingerprint density at radius 2 is 2.00 bits per heavy atom. The Labute approximate surface area is 136 Å². The predicted octanol–water partition coefficient (Wildman–Crippen LogP) is 2.26. The smallest absolute Gasteiger partial charge is 0.317 e. The maximum Gasteiger partial charge on any atom is 0.317 e. The van der Waals surface area contributed by atoms with Crippen LogP contribution in [0.3, 0.4) is 0 Å². The highest BCUT2D eigenvalue weighted by molar-refractivity contribution is 5.74. The predicted molar refractivity (Wildman–Crippen MR) is 86.7 cm³/mol. The summed E-state index contributed by atoms with van der Waals surface area (Å²) < 4.78 is 0. The molecule has 2 atom stereocenters. The van der Waals surface area contributed by atoms with Crippen molar-refractivity contribution >= 4 is 12.0 Å². The Kier molecular flexibility index (Phi) is 7.61. The first kappa shape index (κ1) is 18.5. The third kappa shape index (κ3) is 7.32. The first-order valence-corrected chi connectivity index (χ1v) is 7.59. The van der Waals surface area contributed by atoms with E-state index >= 15 is 0 Å². The number of nitrogens with one attached hydrogen (secondary N) is 1. The summed E-state index contributed by atoms with van der Waals surface area (Å²) in [5, 5.41) is 20.5. The third-order valence-corrected chi connectivity index (χ3v) is 3.47. The Bertz CT molecular complexity index is 554. The lowest BCUT2D eigenvalue weighted by atomic mass is 10.0. The van der Waals surface area contributed by atoms with Crippen LogP contribution in [0.2, 0.25) is 0 Å². The Hall–Kier alpha value is -2.55. The van der Waals surface area contributed by atoms with E-state index in [9.17, 15) is 9.59 Å². The van der Waals surface area contributed by atoms with Gasteiger partial charge in [0.25, 0.3) is 0 Å². The average Bonchev–Trinajstić information content (AvgIpc) is 2.53. The number of rotatable bonds is 8. The second-order valence-corrected chi connectivity index (χ2v) is 5.68. The Morgan fingerprint density at radius 3 is 2.57 bits per heavy atom. The van der Waals surface area contributed by atoms with E-state index in [4.69, 9.17) is 10.4 Å². The van der Waals surface area contributed by atoms with Gasteiger partial charge in [-0.05, 0) is 25.3 Å². The summed E-state index contributed by atoms with van der Waals surface area (Å²) >= 11 is 0. The van der Waals surface area contributed by atoms with E-state index in [0.29, 0.717) is 19.4 Å². The number of carbonyl (C=O) groups excluding carboxylic acids is 1. The van der Waals surface area contributed by atoms with Crippen LogP contribution in [0.4, 0.5) is 4.79 Å². The fourth-order valence-corrected chi connectivity index (χ4v) is 2.24. The van der Waals surface area contributed by atoms with Crippen LogP contribution in [0.15, 0.2) is 30.3 Å². The van der Waals surface area contributed by atoms with Crippen molar-refractivity contribution in [3.05, 3.63) is 35.9 Å². The zero-order valence-electron chi connectivity index (χ0n) is 13.5. The van der Waals surface area contributed by atoms with Crippen LogP contribution in [0.1, 0.15) is 25.3 Å². The van der Waals surface area contributed by atoms with Gasteiger partial charge in [-0.15, -0.1) is 0 Å². The van der Waals surface area contributed by atoms with Gasteiger partial charge in [-0.2, -0.15) is 5.26 Å². The van der Waals surface area contributed by atoms with Crippen LogP contribution in [0, 0.1) is 17.2 Å². The number of carbonyl (C=O) groups is 2. The number of nitrogens with zero attached hydrogens (tertiary/aromatic N) is 2. The third-order valence-electron chi connectivity index (χ3n) is 3.47. The number of carboxylic acids is 1. The van der Waals surface area contributed by atoms with E-state index < -0.39 is 5.97 Å². The fourth-order valence-electron chi connectivity index (χ4n) is 2.24. The number of hydrogen-bond acceptors (Lipinski definition) is 3. The molecule has 0 radical (unpaired) electrons. The summed E-state index contributed by atoms with van der Waals surface area (Å²) in [7, 11) is 1.62. The number of amides is 2. The molecule has 0 bridgehead atoms. The SMILES string of the molecule is CC(C#N)CN(C)C(=O)NC(CCC(=O)O)Cc1ccccc1. The van der Waals surface area contributed by atoms with Crippen molar-refractivity contribution in [2.45, 2.75) is 32.2 Å². The van der Waals surface area contributed by atoms with Crippen LogP contribution in [0.25, 0.3) is 0 Å². The lowest BCUT2D eigenvalue weighted by molar-refractivity contribution is -0.137. The van der Waals surface area contributed by atoms with E-state index in [1.54, 1.807) is 14.0 Å². The second kappa shape index (κ2) is 9.46. The minimum atomic E-state index is -0.885. The zero-order chi connectivity index (χ0) is 17.2. The number of aliphatic carboxylic acids is 1. The molecule has 0 aliphatic carbocycles. The molecule has 6 nitrogen and oxygen atoms in total. The number of nitriles is 1. The van der Waals surface area contributed by atoms with Crippen molar-refractivity contribution in [2.75, 3.05) is 13.6 Å². The highest BCUT2D eigenvalue weighted by atomic mass is 16.4. The summed E-state index contributed by atoms with van der Waals surface area (Å²) in [5.41, 5.74) is 1.04. The number of hydrogen-bond donors (Lipinski definition) is 2. The van der Waals surface area contributed by atoms with Gasteiger partial charge in [0.15, 0.2) is 0 Å². The van der Waals surface area contributed by atoms with Gasteiger partial charge < -0.3 is 15.3 Å². The van der Waals surface area contributed by atoms with Crippen molar-refractivity contribution in [3.63, 3.8) is 0 Å². The van der Waals surface area contributed by atoms with Crippen molar-refractivity contribution < 1.29 is 14.7 Å². The van der Waals surface area contributed by atoms with E-state index in [2.05, 4.69) is 11.4 Å². The molecule has 23 heavy (non-hydrogen) atoms. The number of urea groups is 1. The molecule has 2 N–H and O–H groups in total. The average molecular weight is 317 g/mol. The summed E-state index contributed by atoms with van der Waals surface area (Å²) in [6.07, 6.45) is 0.926. The van der Waals surface area contributed by atoms with Crippen molar-refractivity contribution in [3.8, 4) is 6.07 Å². The number of carboxylic acid groups (broad SMARTS) is 1. The fraction of sp³-hybridized carbons (Fsp3) is 0.471. The van der Waals surface area contributed by atoms with Gasteiger partial charge in [-0.1, -0.05) is 30.3 Å². The Morgan fingerprint density at radius 1 is 1.35 bits per heavy atom. The monoisotopic (exact) mass is 317 g/mol. The van der Waals surface area contributed by atoms with Crippen LogP contribution in [-0.2, 0) is 11.2 Å². The summed E-state index contributed by atoms with van der Waals surface area (Å²) in [4.78, 5) is 24.4. The van der Waals surface area contributed by atoms with Gasteiger partial charge in [0.05, 0.1) is 12.0 Å². The molecule has 0 heterocycles. The lowest BCUT2D eigenvalue weighted by Crippen LogP contribution is -2.45. The molecule has 6 heteroatoms. The molecule has 0 fully saturated rings. The van der Waals surface area contributed by atoms with Crippen LogP contribution < -0.4 is 5.32 Å². The van der Waals surface area contributed by atoms with Gasteiger partial charge >= 0.3 is 12.0 Å². The largest absolute Gasteiger partial charge is 0.481 e. The highest BCUT2D eigenvalue weighted by Crippen LogP contribution is 2.09. The normalized spacial score (nSPS) is 12.7. The molecule has 1 aromatic carbocycles. The van der Waals surface area contributed by atoms with Crippen molar-refractivity contribution in [1.29, 1.82) is 5.26 Å². The quantitative estimate of drug-likeness (QED) is 0.769. The lowest BCUT2D eigenvalue weighted by Gasteiger charge is -2.24. The molecule has 1 aromatic rings. The molecule has 0 saturated carbocycles. The topological polar surface area (TPSA) is 93.4 Å². The van der Waals surface area contributed by atoms with E-state index in [0.717, 1.165) is 5.56 Å². The molecule has 1 rings (SSSR count). The molecule has 0 saturated heterocycles. The van der Waals surface area contributed by atoms with Gasteiger partial charge in [0, 0.05) is 26.1 Å². The highest BCUT2D eigenvalue weighted by Gasteiger charge is 2.18. The minimum absolute atomic E-state index is 0.00388.